The monoisotopic (exact) mass is 247 g/mol. The van der Waals surface area contributed by atoms with Gasteiger partial charge in [0.05, 0.1) is 13.5 Å². The van der Waals surface area contributed by atoms with Crippen LogP contribution in [0, 0.1) is 0 Å². The molecular weight excluding hydrogens is 234 g/mol. The van der Waals surface area contributed by atoms with E-state index in [2.05, 4.69) is 0 Å². The molecule has 1 atom stereocenters. The number of rotatable bonds is 3. The van der Waals surface area contributed by atoms with Gasteiger partial charge < -0.3 is 15.6 Å². The molecule has 1 aromatic carbocycles. The molecule has 2 rings (SSSR count). The predicted molar refractivity (Wildman–Crippen MR) is 63.6 cm³/mol. The first kappa shape index (κ1) is 12.3. The van der Waals surface area contributed by atoms with Crippen LogP contribution in [0.15, 0.2) is 36.1 Å². The topological polar surface area (TPSA) is 89.6 Å². The average molecular weight is 247 g/mol. The lowest BCUT2D eigenvalue weighted by molar-refractivity contribution is -0.121. The van der Waals surface area contributed by atoms with E-state index in [1.165, 1.54) is 13.2 Å². The van der Waals surface area contributed by atoms with Gasteiger partial charge in [-0.25, -0.2) is 0 Å². The van der Waals surface area contributed by atoms with Crippen molar-refractivity contribution in [3.8, 4) is 0 Å². The standard InChI is InChI=1S/C13H13NO4/c1-18-10-6-13(17,7-11(14)15)9-5-3-2-4-8(9)12(10)16/h2-6,17H,7H2,1H3,(H2,14,15)/t13-/m0/s1. The number of primary amides is 1. The Morgan fingerprint density at radius 3 is 2.72 bits per heavy atom. The maximum absolute atomic E-state index is 12.0. The summed E-state index contributed by atoms with van der Waals surface area (Å²) in [6.45, 7) is 0. The van der Waals surface area contributed by atoms with E-state index in [4.69, 9.17) is 10.5 Å². The summed E-state index contributed by atoms with van der Waals surface area (Å²) in [7, 11) is 1.34. The maximum atomic E-state index is 12.0. The van der Waals surface area contributed by atoms with Crippen LogP contribution in [-0.2, 0) is 15.1 Å². The number of hydrogen-bond donors (Lipinski definition) is 2. The van der Waals surface area contributed by atoms with Crippen LogP contribution in [0.25, 0.3) is 0 Å². The summed E-state index contributed by atoms with van der Waals surface area (Å²) in [5.74, 6) is -0.965. The number of amides is 1. The van der Waals surface area contributed by atoms with Crippen LogP contribution in [0.3, 0.4) is 0 Å². The Morgan fingerprint density at radius 1 is 1.44 bits per heavy atom. The summed E-state index contributed by atoms with van der Waals surface area (Å²) in [6, 6.07) is 6.54. The molecule has 0 saturated heterocycles. The van der Waals surface area contributed by atoms with Gasteiger partial charge in [0.25, 0.3) is 0 Å². The molecule has 5 nitrogen and oxygen atoms in total. The SMILES string of the molecule is COC1=C[C@](O)(CC(N)=O)c2ccccc2C1=O. The highest BCUT2D eigenvalue weighted by molar-refractivity contribution is 6.10. The fourth-order valence-corrected chi connectivity index (χ4v) is 2.12. The van der Waals surface area contributed by atoms with E-state index in [-0.39, 0.29) is 18.0 Å². The minimum atomic E-state index is -1.60. The lowest BCUT2D eigenvalue weighted by Gasteiger charge is -2.30. The van der Waals surface area contributed by atoms with Gasteiger partial charge in [-0.1, -0.05) is 24.3 Å². The van der Waals surface area contributed by atoms with E-state index in [9.17, 15) is 14.7 Å². The van der Waals surface area contributed by atoms with Crippen LogP contribution in [-0.4, -0.2) is 23.9 Å². The first-order valence-electron chi connectivity index (χ1n) is 5.39. The summed E-state index contributed by atoms with van der Waals surface area (Å²) in [5.41, 5.74) is 4.23. The van der Waals surface area contributed by atoms with Crippen LogP contribution >= 0.6 is 0 Å². The molecule has 0 bridgehead atoms. The first-order valence-corrected chi connectivity index (χ1v) is 5.39. The zero-order chi connectivity index (χ0) is 13.3. The van der Waals surface area contributed by atoms with Crippen molar-refractivity contribution in [2.24, 2.45) is 5.73 Å². The number of carbonyl (C=O) groups excluding carboxylic acids is 2. The number of aliphatic hydroxyl groups is 1. The second-order valence-electron chi connectivity index (χ2n) is 4.15. The fourth-order valence-electron chi connectivity index (χ4n) is 2.12. The van der Waals surface area contributed by atoms with E-state index >= 15 is 0 Å². The number of ether oxygens (including phenoxy) is 1. The van der Waals surface area contributed by atoms with Crippen molar-refractivity contribution in [1.82, 2.24) is 0 Å². The summed E-state index contributed by atoms with van der Waals surface area (Å²) in [6.07, 6.45) is 0.937. The molecule has 1 aliphatic carbocycles. The van der Waals surface area contributed by atoms with Crippen molar-refractivity contribution in [3.63, 3.8) is 0 Å². The number of Topliss-reactive ketones (excluding diaryl/α,β-unsaturated/α-hetero) is 1. The van der Waals surface area contributed by atoms with Crippen LogP contribution in [0.5, 0.6) is 0 Å². The van der Waals surface area contributed by atoms with Crippen molar-refractivity contribution in [1.29, 1.82) is 0 Å². The van der Waals surface area contributed by atoms with Crippen molar-refractivity contribution >= 4 is 11.7 Å². The molecule has 5 heteroatoms. The molecule has 0 fully saturated rings. The van der Waals surface area contributed by atoms with Gasteiger partial charge in [0, 0.05) is 5.56 Å². The molecule has 0 saturated carbocycles. The summed E-state index contributed by atoms with van der Waals surface area (Å²) in [5, 5.41) is 10.5. The third-order valence-electron chi connectivity index (χ3n) is 2.90. The molecule has 0 heterocycles. The third-order valence-corrected chi connectivity index (χ3v) is 2.90. The number of benzene rings is 1. The van der Waals surface area contributed by atoms with Crippen molar-refractivity contribution < 1.29 is 19.4 Å². The molecule has 0 radical (unpaired) electrons. The van der Waals surface area contributed by atoms with Gasteiger partial charge in [0.2, 0.25) is 11.7 Å². The van der Waals surface area contributed by atoms with E-state index < -0.39 is 11.5 Å². The Balaban J connectivity index is 2.61. The number of methoxy groups -OCH3 is 1. The zero-order valence-electron chi connectivity index (χ0n) is 9.84. The highest BCUT2D eigenvalue weighted by atomic mass is 16.5. The molecule has 18 heavy (non-hydrogen) atoms. The minimum absolute atomic E-state index is 0.0115. The lowest BCUT2D eigenvalue weighted by Crippen LogP contribution is -2.35. The van der Waals surface area contributed by atoms with Crippen molar-refractivity contribution in [2.75, 3.05) is 7.11 Å². The Labute approximate surface area is 104 Å². The number of nitrogens with two attached hydrogens (primary N) is 1. The molecule has 0 unspecified atom stereocenters. The van der Waals surface area contributed by atoms with Gasteiger partial charge in [-0.3, -0.25) is 9.59 Å². The van der Waals surface area contributed by atoms with E-state index in [0.717, 1.165) is 0 Å². The predicted octanol–water partition coefficient (Wildman–Crippen LogP) is 0.476. The summed E-state index contributed by atoms with van der Waals surface area (Å²) >= 11 is 0. The largest absolute Gasteiger partial charge is 0.493 e. The highest BCUT2D eigenvalue weighted by Crippen LogP contribution is 2.36. The number of ketones is 1. The first-order chi connectivity index (χ1) is 8.48. The molecule has 0 aromatic heterocycles. The number of carbonyl (C=O) groups is 2. The Kier molecular flexibility index (Phi) is 2.92. The maximum Gasteiger partial charge on any atom is 0.227 e. The lowest BCUT2D eigenvalue weighted by atomic mass is 9.80. The Morgan fingerprint density at radius 2 is 2.11 bits per heavy atom. The summed E-state index contributed by atoms with van der Waals surface area (Å²) in [4.78, 5) is 23.1. The molecule has 1 aliphatic rings. The van der Waals surface area contributed by atoms with Gasteiger partial charge in [-0.05, 0) is 11.6 Å². The quantitative estimate of drug-likeness (QED) is 0.812. The molecule has 1 aromatic rings. The Hall–Kier alpha value is -2.14. The van der Waals surface area contributed by atoms with Crippen LogP contribution in [0.1, 0.15) is 22.3 Å². The number of fused-ring (bicyclic) bond motifs is 1. The van der Waals surface area contributed by atoms with E-state index in [1.54, 1.807) is 24.3 Å². The third kappa shape index (κ3) is 1.89. The van der Waals surface area contributed by atoms with E-state index in [0.29, 0.717) is 11.1 Å². The van der Waals surface area contributed by atoms with Gasteiger partial charge in [0.1, 0.15) is 5.60 Å². The van der Waals surface area contributed by atoms with Crippen LogP contribution < -0.4 is 5.73 Å². The summed E-state index contributed by atoms with van der Waals surface area (Å²) < 4.78 is 4.94. The number of allylic oxidation sites excluding steroid dienone is 1. The average Bonchev–Trinajstić information content (AvgIpc) is 2.33. The molecule has 0 aliphatic heterocycles. The van der Waals surface area contributed by atoms with Crippen LogP contribution in [0.2, 0.25) is 0 Å². The molecule has 3 N–H and O–H groups in total. The normalized spacial score (nSPS) is 22.1. The second-order valence-corrected chi connectivity index (χ2v) is 4.15. The molecule has 94 valence electrons. The molecular formula is C13H13NO4. The van der Waals surface area contributed by atoms with E-state index in [1.807, 2.05) is 0 Å². The highest BCUT2D eigenvalue weighted by Gasteiger charge is 2.39. The molecule has 0 spiro atoms. The fraction of sp³-hybridized carbons (Fsp3) is 0.231. The number of hydrogen-bond acceptors (Lipinski definition) is 4. The van der Waals surface area contributed by atoms with Gasteiger partial charge in [-0.2, -0.15) is 0 Å². The second kappa shape index (κ2) is 4.27. The van der Waals surface area contributed by atoms with Gasteiger partial charge >= 0.3 is 0 Å². The van der Waals surface area contributed by atoms with Crippen molar-refractivity contribution in [3.05, 3.63) is 47.2 Å². The van der Waals surface area contributed by atoms with Gasteiger partial charge in [0.15, 0.2) is 5.76 Å². The Bertz CT molecular complexity index is 550. The minimum Gasteiger partial charge on any atom is -0.493 e. The molecule has 1 amide bonds. The van der Waals surface area contributed by atoms with Gasteiger partial charge in [-0.15, -0.1) is 0 Å². The van der Waals surface area contributed by atoms with Crippen molar-refractivity contribution in [2.45, 2.75) is 12.0 Å². The smallest absolute Gasteiger partial charge is 0.227 e. The zero-order valence-corrected chi connectivity index (χ0v) is 9.84. The van der Waals surface area contributed by atoms with Crippen LogP contribution in [0.4, 0.5) is 0 Å².